The molecule has 0 radical (unpaired) electrons. The fraction of sp³-hybridized carbons (Fsp3) is 0.364. The molecule has 0 spiro atoms. The van der Waals surface area contributed by atoms with E-state index in [1.807, 2.05) is 13.8 Å². The second kappa shape index (κ2) is 8.87. The maximum absolute atomic E-state index is 13.2. The second-order valence-corrected chi connectivity index (χ2v) is 11.3. The highest BCUT2D eigenvalue weighted by molar-refractivity contribution is 9.10. The van der Waals surface area contributed by atoms with Crippen LogP contribution in [0.15, 0.2) is 56.6 Å². The number of halogens is 2. The minimum atomic E-state index is -3.59. The average Bonchev–Trinajstić information content (AvgIpc) is 2.75. The summed E-state index contributed by atoms with van der Waals surface area (Å²) in [6.45, 7) is 5.31. The van der Waals surface area contributed by atoms with Crippen molar-refractivity contribution < 1.29 is 8.42 Å². The van der Waals surface area contributed by atoms with Gasteiger partial charge in [-0.15, -0.1) is 0 Å². The van der Waals surface area contributed by atoms with Gasteiger partial charge in [0.1, 0.15) is 5.82 Å². The fourth-order valence-corrected chi connectivity index (χ4v) is 6.26. The van der Waals surface area contributed by atoms with E-state index in [2.05, 4.69) is 20.8 Å². The van der Waals surface area contributed by atoms with Gasteiger partial charge in [0.25, 0.3) is 5.56 Å². The first-order valence-electron chi connectivity index (χ1n) is 10.3. The Morgan fingerprint density at radius 2 is 1.84 bits per heavy atom. The van der Waals surface area contributed by atoms with Gasteiger partial charge >= 0.3 is 0 Å². The molecule has 1 aromatic heterocycles. The SMILES string of the molecule is CC(c1nc2cc(Cl)ccc2c(=O)n1C)N1CCN(S(=O)(=O)c2ccc(Br)cc2)C(C)C1. The van der Waals surface area contributed by atoms with Gasteiger partial charge in [0, 0.05) is 42.2 Å². The Bertz CT molecular complexity index is 1330. The van der Waals surface area contributed by atoms with E-state index in [4.69, 9.17) is 16.6 Å². The molecule has 2 unspecified atom stereocenters. The Balaban J connectivity index is 1.59. The molecule has 170 valence electrons. The van der Waals surface area contributed by atoms with Crippen LogP contribution < -0.4 is 5.56 Å². The van der Waals surface area contributed by atoms with E-state index < -0.39 is 10.0 Å². The zero-order chi connectivity index (χ0) is 23.2. The van der Waals surface area contributed by atoms with E-state index in [0.717, 1.165) is 4.47 Å². The lowest BCUT2D eigenvalue weighted by atomic mass is 10.1. The third kappa shape index (κ3) is 4.24. The quantitative estimate of drug-likeness (QED) is 0.504. The highest BCUT2D eigenvalue weighted by Crippen LogP contribution is 2.27. The van der Waals surface area contributed by atoms with Gasteiger partial charge in [0.15, 0.2) is 0 Å². The van der Waals surface area contributed by atoms with Gasteiger partial charge in [-0.1, -0.05) is 27.5 Å². The van der Waals surface area contributed by atoms with Crippen LogP contribution in [0.4, 0.5) is 0 Å². The standard InChI is InChI=1S/C22H24BrClN4O3S/c1-14-13-27(10-11-28(14)32(30,31)18-7-4-16(23)5-8-18)15(2)21-25-20-12-17(24)6-9-19(20)22(29)26(21)3/h4-9,12,14-15H,10-11,13H2,1-3H3. The number of aromatic nitrogens is 2. The number of fused-ring (bicyclic) bond motifs is 1. The molecule has 2 atom stereocenters. The predicted molar refractivity (Wildman–Crippen MR) is 129 cm³/mol. The van der Waals surface area contributed by atoms with Crippen molar-refractivity contribution >= 4 is 48.5 Å². The lowest BCUT2D eigenvalue weighted by Crippen LogP contribution is -2.54. The molecule has 4 rings (SSSR count). The van der Waals surface area contributed by atoms with Gasteiger partial charge < -0.3 is 0 Å². The first-order chi connectivity index (χ1) is 15.1. The lowest BCUT2D eigenvalue weighted by molar-refractivity contribution is 0.104. The summed E-state index contributed by atoms with van der Waals surface area (Å²) in [6.07, 6.45) is 0. The smallest absolute Gasteiger partial charge is 0.261 e. The number of nitrogens with zero attached hydrogens (tertiary/aromatic N) is 4. The summed E-state index contributed by atoms with van der Waals surface area (Å²) >= 11 is 9.45. The number of benzene rings is 2. The minimum Gasteiger partial charge on any atom is -0.298 e. The van der Waals surface area contributed by atoms with Crippen molar-refractivity contribution in [2.45, 2.75) is 30.8 Å². The van der Waals surface area contributed by atoms with Crippen LogP contribution in [0.5, 0.6) is 0 Å². The van der Waals surface area contributed by atoms with Crippen molar-refractivity contribution in [3.8, 4) is 0 Å². The van der Waals surface area contributed by atoms with Crippen LogP contribution in [-0.2, 0) is 17.1 Å². The summed E-state index contributed by atoms with van der Waals surface area (Å²) in [7, 11) is -1.87. The molecule has 0 N–H and O–H groups in total. The number of piperazine rings is 1. The van der Waals surface area contributed by atoms with Crippen LogP contribution in [0, 0.1) is 0 Å². The summed E-state index contributed by atoms with van der Waals surface area (Å²) in [5.74, 6) is 0.626. The Labute approximate surface area is 200 Å². The number of rotatable bonds is 4. The third-order valence-electron chi connectivity index (χ3n) is 6.01. The summed E-state index contributed by atoms with van der Waals surface area (Å²) in [6, 6.07) is 11.4. The molecular formula is C22H24BrClN4O3S. The molecule has 1 aliphatic heterocycles. The normalized spacial score (nSPS) is 19.3. The number of hydrogen-bond donors (Lipinski definition) is 0. The van der Waals surface area contributed by atoms with Crippen LogP contribution in [0.2, 0.25) is 5.02 Å². The molecule has 32 heavy (non-hydrogen) atoms. The molecule has 0 saturated carbocycles. The zero-order valence-electron chi connectivity index (χ0n) is 18.0. The third-order valence-corrected chi connectivity index (χ3v) is 8.80. The molecule has 0 aliphatic carbocycles. The van der Waals surface area contributed by atoms with E-state index in [1.165, 1.54) is 0 Å². The second-order valence-electron chi connectivity index (χ2n) is 8.09. The summed E-state index contributed by atoms with van der Waals surface area (Å²) in [5.41, 5.74) is 0.435. The Morgan fingerprint density at radius 3 is 2.50 bits per heavy atom. The molecule has 10 heteroatoms. The van der Waals surface area contributed by atoms with Gasteiger partial charge in [-0.25, -0.2) is 13.4 Å². The minimum absolute atomic E-state index is 0.127. The van der Waals surface area contributed by atoms with E-state index in [9.17, 15) is 13.2 Å². The van der Waals surface area contributed by atoms with Crippen molar-refractivity contribution in [1.29, 1.82) is 0 Å². The molecule has 2 heterocycles. The topological polar surface area (TPSA) is 75.5 Å². The van der Waals surface area contributed by atoms with Gasteiger partial charge in [0.05, 0.1) is 21.8 Å². The Kier molecular flexibility index (Phi) is 6.48. The Hall–Kier alpha value is -1.78. The van der Waals surface area contributed by atoms with Crippen molar-refractivity contribution in [2.24, 2.45) is 7.05 Å². The maximum Gasteiger partial charge on any atom is 0.261 e. The highest BCUT2D eigenvalue weighted by atomic mass is 79.9. The monoisotopic (exact) mass is 538 g/mol. The van der Waals surface area contributed by atoms with Crippen LogP contribution in [0.25, 0.3) is 10.9 Å². The number of hydrogen-bond acceptors (Lipinski definition) is 5. The zero-order valence-corrected chi connectivity index (χ0v) is 21.2. The molecule has 1 aliphatic rings. The van der Waals surface area contributed by atoms with E-state index in [0.29, 0.717) is 41.4 Å². The highest BCUT2D eigenvalue weighted by Gasteiger charge is 2.36. The molecule has 0 amide bonds. The molecule has 1 saturated heterocycles. The van der Waals surface area contributed by atoms with Crippen molar-refractivity contribution in [1.82, 2.24) is 18.8 Å². The van der Waals surface area contributed by atoms with E-state index in [1.54, 1.807) is 58.4 Å². The summed E-state index contributed by atoms with van der Waals surface area (Å²) in [4.78, 5) is 20.0. The molecule has 0 bridgehead atoms. The first-order valence-corrected chi connectivity index (χ1v) is 12.9. The predicted octanol–water partition coefficient (Wildman–Crippen LogP) is 3.81. The van der Waals surface area contributed by atoms with Gasteiger partial charge in [-0.2, -0.15) is 4.31 Å². The van der Waals surface area contributed by atoms with E-state index >= 15 is 0 Å². The van der Waals surface area contributed by atoms with Crippen LogP contribution in [0.1, 0.15) is 25.7 Å². The molecule has 2 aromatic carbocycles. The maximum atomic E-state index is 13.2. The van der Waals surface area contributed by atoms with Gasteiger partial charge in [-0.05, 0) is 56.3 Å². The van der Waals surface area contributed by atoms with Gasteiger partial charge in [0.2, 0.25) is 10.0 Å². The lowest BCUT2D eigenvalue weighted by Gasteiger charge is -2.41. The molecule has 1 fully saturated rings. The Morgan fingerprint density at radius 1 is 1.16 bits per heavy atom. The van der Waals surface area contributed by atoms with Crippen LogP contribution >= 0.6 is 27.5 Å². The number of sulfonamides is 1. The van der Waals surface area contributed by atoms with Crippen molar-refractivity contribution in [2.75, 3.05) is 19.6 Å². The fourth-order valence-electron chi connectivity index (χ4n) is 4.22. The first kappa shape index (κ1) is 23.4. The average molecular weight is 540 g/mol. The largest absolute Gasteiger partial charge is 0.298 e. The van der Waals surface area contributed by atoms with Crippen LogP contribution in [-0.4, -0.2) is 52.9 Å². The molecule has 7 nitrogen and oxygen atoms in total. The molecule has 3 aromatic rings. The van der Waals surface area contributed by atoms with E-state index in [-0.39, 0.29) is 22.5 Å². The summed E-state index contributed by atoms with van der Waals surface area (Å²) < 4.78 is 30.3. The van der Waals surface area contributed by atoms with Crippen LogP contribution in [0.3, 0.4) is 0 Å². The van der Waals surface area contributed by atoms with Crippen molar-refractivity contribution in [3.63, 3.8) is 0 Å². The summed E-state index contributed by atoms with van der Waals surface area (Å²) in [5, 5.41) is 1.05. The molecular weight excluding hydrogens is 516 g/mol. The van der Waals surface area contributed by atoms with Gasteiger partial charge in [-0.3, -0.25) is 14.3 Å². The van der Waals surface area contributed by atoms with Crippen molar-refractivity contribution in [3.05, 3.63) is 68.1 Å².